The summed E-state index contributed by atoms with van der Waals surface area (Å²) in [5.74, 6) is -0.446. The molecule has 1 saturated heterocycles. The lowest BCUT2D eigenvalue weighted by Crippen LogP contribution is -2.43. The molecule has 0 bridgehead atoms. The van der Waals surface area contributed by atoms with Crippen LogP contribution in [0.25, 0.3) is 0 Å². The Bertz CT molecular complexity index is 908. The smallest absolute Gasteiger partial charge is 0.309 e. The van der Waals surface area contributed by atoms with Gasteiger partial charge in [0.25, 0.3) is 5.91 Å². The summed E-state index contributed by atoms with van der Waals surface area (Å²) in [5, 5.41) is 3.12. The zero-order valence-corrected chi connectivity index (χ0v) is 18.0. The first-order valence-electron chi connectivity index (χ1n) is 10.6. The minimum absolute atomic E-state index is 0.0274. The number of rotatable bonds is 7. The summed E-state index contributed by atoms with van der Waals surface area (Å²) in [6.45, 7) is 3.40. The topological polar surface area (TPSA) is 79.0 Å². The van der Waals surface area contributed by atoms with Gasteiger partial charge in [0.15, 0.2) is 0 Å². The fourth-order valence-corrected chi connectivity index (χ4v) is 3.64. The number of piperidine rings is 1. The molecule has 0 saturated carbocycles. The zero-order valence-electron chi connectivity index (χ0n) is 18.0. The van der Waals surface area contributed by atoms with Crippen molar-refractivity contribution in [3.8, 4) is 0 Å². The molecule has 0 spiro atoms. The number of nitrogens with zero attached hydrogens (tertiary/aromatic N) is 2. The number of hydrogen-bond acceptors (Lipinski definition) is 5. The molecular formula is C24H29N3O4. The van der Waals surface area contributed by atoms with Gasteiger partial charge in [-0.05, 0) is 50.1 Å². The molecule has 0 aliphatic carbocycles. The molecule has 7 heteroatoms. The summed E-state index contributed by atoms with van der Waals surface area (Å²) in [4.78, 5) is 40.6. The van der Waals surface area contributed by atoms with Gasteiger partial charge in [-0.15, -0.1) is 0 Å². The molecule has 0 radical (unpaired) electrons. The van der Waals surface area contributed by atoms with E-state index in [0.717, 1.165) is 5.69 Å². The summed E-state index contributed by atoms with van der Waals surface area (Å²) in [6, 6.07) is 16.6. The molecule has 0 unspecified atom stereocenters. The van der Waals surface area contributed by atoms with Crippen molar-refractivity contribution in [3.63, 3.8) is 0 Å². The van der Waals surface area contributed by atoms with Crippen molar-refractivity contribution in [2.75, 3.05) is 43.5 Å². The highest BCUT2D eigenvalue weighted by atomic mass is 16.5. The van der Waals surface area contributed by atoms with Gasteiger partial charge < -0.3 is 19.9 Å². The number of amides is 2. The van der Waals surface area contributed by atoms with Crippen LogP contribution in [0.4, 0.5) is 11.4 Å². The van der Waals surface area contributed by atoms with Gasteiger partial charge in [0.05, 0.1) is 19.1 Å². The number of para-hydroxylation sites is 1. The van der Waals surface area contributed by atoms with Crippen LogP contribution in [0, 0.1) is 5.92 Å². The summed E-state index contributed by atoms with van der Waals surface area (Å²) < 4.78 is 5.07. The van der Waals surface area contributed by atoms with Crippen molar-refractivity contribution in [2.24, 2.45) is 5.92 Å². The Morgan fingerprint density at radius 1 is 1.06 bits per heavy atom. The number of esters is 1. The first kappa shape index (κ1) is 22.3. The molecule has 1 heterocycles. The van der Waals surface area contributed by atoms with E-state index in [-0.39, 0.29) is 30.2 Å². The first-order valence-corrected chi connectivity index (χ1v) is 10.6. The fraction of sp³-hybridized carbons (Fsp3) is 0.375. The van der Waals surface area contributed by atoms with E-state index in [0.29, 0.717) is 43.8 Å². The first-order chi connectivity index (χ1) is 15.0. The van der Waals surface area contributed by atoms with Gasteiger partial charge in [0.1, 0.15) is 0 Å². The van der Waals surface area contributed by atoms with Crippen molar-refractivity contribution < 1.29 is 19.1 Å². The minimum Gasteiger partial charge on any atom is -0.466 e. The van der Waals surface area contributed by atoms with E-state index in [1.54, 1.807) is 42.0 Å². The van der Waals surface area contributed by atoms with Gasteiger partial charge in [0.2, 0.25) is 5.91 Å². The molecule has 3 rings (SSSR count). The molecule has 2 amide bonds. The lowest BCUT2D eigenvalue weighted by molar-refractivity contribution is -0.151. The van der Waals surface area contributed by atoms with Crippen molar-refractivity contribution in [2.45, 2.75) is 19.8 Å². The molecule has 31 heavy (non-hydrogen) atoms. The van der Waals surface area contributed by atoms with E-state index in [9.17, 15) is 14.4 Å². The average Bonchev–Trinajstić information content (AvgIpc) is 2.82. The Hall–Kier alpha value is -3.35. The number of carbonyl (C=O) groups excluding carboxylic acids is 3. The molecule has 0 aromatic heterocycles. The monoisotopic (exact) mass is 423 g/mol. The van der Waals surface area contributed by atoms with Crippen molar-refractivity contribution in [3.05, 3.63) is 60.2 Å². The van der Waals surface area contributed by atoms with Crippen LogP contribution in [0.3, 0.4) is 0 Å². The van der Waals surface area contributed by atoms with Crippen LogP contribution in [0.1, 0.15) is 30.1 Å². The normalized spacial score (nSPS) is 14.1. The summed E-state index contributed by atoms with van der Waals surface area (Å²) in [5.41, 5.74) is 2.06. The Morgan fingerprint density at radius 3 is 2.45 bits per heavy atom. The second-order valence-electron chi connectivity index (χ2n) is 7.54. The average molecular weight is 424 g/mol. The highest BCUT2D eigenvalue weighted by Gasteiger charge is 2.28. The molecule has 1 N–H and O–H groups in total. The molecule has 0 atom stereocenters. The number of anilines is 2. The molecule has 2 aromatic rings. The third kappa shape index (κ3) is 5.84. The van der Waals surface area contributed by atoms with Crippen LogP contribution in [0.2, 0.25) is 0 Å². The zero-order chi connectivity index (χ0) is 22.2. The third-order valence-electron chi connectivity index (χ3n) is 5.47. The van der Waals surface area contributed by atoms with Gasteiger partial charge in [0, 0.05) is 37.1 Å². The maximum atomic E-state index is 12.8. The van der Waals surface area contributed by atoms with Gasteiger partial charge in [-0.2, -0.15) is 0 Å². The van der Waals surface area contributed by atoms with E-state index >= 15 is 0 Å². The van der Waals surface area contributed by atoms with Crippen molar-refractivity contribution in [1.82, 2.24) is 4.90 Å². The van der Waals surface area contributed by atoms with Crippen LogP contribution < -0.4 is 10.2 Å². The number of benzene rings is 2. The standard InChI is InChI=1S/C24H29N3O4/c1-3-31-24(30)18-12-14-27(15-13-18)22(28)17-25-20-9-7-8-19(16-20)23(29)26(2)21-10-5-4-6-11-21/h4-11,16,18,25H,3,12-15,17H2,1-2H3. The van der Waals surface area contributed by atoms with E-state index < -0.39 is 0 Å². The fourth-order valence-electron chi connectivity index (χ4n) is 3.64. The molecule has 1 aliphatic heterocycles. The molecule has 7 nitrogen and oxygen atoms in total. The highest BCUT2D eigenvalue weighted by Crippen LogP contribution is 2.20. The molecule has 1 fully saturated rings. The summed E-state index contributed by atoms with van der Waals surface area (Å²) in [6.07, 6.45) is 1.25. The van der Waals surface area contributed by atoms with E-state index in [4.69, 9.17) is 4.74 Å². The van der Waals surface area contributed by atoms with Gasteiger partial charge in [-0.25, -0.2) is 0 Å². The lowest BCUT2D eigenvalue weighted by atomic mass is 9.97. The molecule has 164 valence electrons. The van der Waals surface area contributed by atoms with Crippen molar-refractivity contribution >= 4 is 29.2 Å². The Morgan fingerprint density at radius 2 is 1.77 bits per heavy atom. The van der Waals surface area contributed by atoms with Gasteiger partial charge >= 0.3 is 5.97 Å². The van der Waals surface area contributed by atoms with Crippen LogP contribution in [-0.2, 0) is 14.3 Å². The van der Waals surface area contributed by atoms with Crippen LogP contribution in [0.5, 0.6) is 0 Å². The van der Waals surface area contributed by atoms with Crippen molar-refractivity contribution in [1.29, 1.82) is 0 Å². The van der Waals surface area contributed by atoms with E-state index in [1.165, 1.54) is 0 Å². The highest BCUT2D eigenvalue weighted by molar-refractivity contribution is 6.06. The van der Waals surface area contributed by atoms with Crippen LogP contribution in [0.15, 0.2) is 54.6 Å². The predicted octanol–water partition coefficient (Wildman–Crippen LogP) is 3.18. The summed E-state index contributed by atoms with van der Waals surface area (Å²) >= 11 is 0. The molecular weight excluding hydrogens is 394 g/mol. The number of nitrogens with one attached hydrogen (secondary N) is 1. The maximum Gasteiger partial charge on any atom is 0.309 e. The third-order valence-corrected chi connectivity index (χ3v) is 5.47. The van der Waals surface area contributed by atoms with Crippen LogP contribution >= 0.6 is 0 Å². The Balaban J connectivity index is 1.53. The number of hydrogen-bond donors (Lipinski definition) is 1. The second kappa shape index (κ2) is 10.6. The second-order valence-corrected chi connectivity index (χ2v) is 7.54. The number of likely N-dealkylation sites (tertiary alicyclic amines) is 1. The van der Waals surface area contributed by atoms with Gasteiger partial charge in [-0.3, -0.25) is 14.4 Å². The maximum absolute atomic E-state index is 12.8. The number of carbonyl (C=O) groups is 3. The summed E-state index contributed by atoms with van der Waals surface area (Å²) in [7, 11) is 1.74. The number of ether oxygens (including phenoxy) is 1. The Labute approximate surface area is 183 Å². The van der Waals surface area contributed by atoms with E-state index in [1.807, 2.05) is 36.4 Å². The largest absolute Gasteiger partial charge is 0.466 e. The van der Waals surface area contributed by atoms with E-state index in [2.05, 4.69) is 5.32 Å². The SMILES string of the molecule is CCOC(=O)C1CCN(C(=O)CNc2cccc(C(=O)N(C)c3ccccc3)c2)CC1. The van der Waals surface area contributed by atoms with Gasteiger partial charge in [-0.1, -0.05) is 24.3 Å². The minimum atomic E-state index is -0.172. The molecule has 2 aromatic carbocycles. The lowest BCUT2D eigenvalue weighted by Gasteiger charge is -2.31. The molecule has 1 aliphatic rings. The van der Waals surface area contributed by atoms with Crippen LogP contribution in [-0.4, -0.2) is 56.0 Å². The predicted molar refractivity (Wildman–Crippen MR) is 120 cm³/mol. The Kier molecular flexibility index (Phi) is 7.65. The quantitative estimate of drug-likeness (QED) is 0.692.